The molecule has 0 fully saturated rings. The number of fused-ring (bicyclic) bond motifs is 1. The number of phenolic OH excluding ortho intramolecular Hbond substituents is 1. The van der Waals surface area contributed by atoms with E-state index in [0.29, 0.717) is 5.69 Å². The molecule has 0 atom stereocenters. The molecule has 118 valence electrons. The van der Waals surface area contributed by atoms with Crippen LogP contribution < -0.4 is 5.32 Å². The Kier molecular flexibility index (Phi) is 3.67. The summed E-state index contributed by atoms with van der Waals surface area (Å²) < 4.78 is 0. The van der Waals surface area contributed by atoms with Crippen LogP contribution in [0.15, 0.2) is 66.7 Å². The van der Waals surface area contributed by atoms with Crippen LogP contribution in [0, 0.1) is 6.92 Å². The molecule has 4 aromatic rings. The second kappa shape index (κ2) is 5.98. The Bertz CT molecular complexity index is 1010. The first-order valence-electron chi connectivity index (χ1n) is 7.72. The van der Waals surface area contributed by atoms with Gasteiger partial charge in [-0.2, -0.15) is 0 Å². The summed E-state index contributed by atoms with van der Waals surface area (Å²) in [6, 6.07) is 21.8. The third-order valence-electron chi connectivity index (χ3n) is 3.95. The number of nitrogens with zero attached hydrogens (tertiary/aromatic N) is 1. The van der Waals surface area contributed by atoms with Crippen LogP contribution in [0.4, 0.5) is 10.8 Å². The summed E-state index contributed by atoms with van der Waals surface area (Å²) >= 11 is 1.58. The number of benzene rings is 3. The molecule has 1 aromatic heterocycles. The summed E-state index contributed by atoms with van der Waals surface area (Å²) in [7, 11) is 0. The number of anilines is 2. The topological polar surface area (TPSA) is 45.1 Å². The molecule has 0 spiro atoms. The molecule has 0 saturated heterocycles. The van der Waals surface area contributed by atoms with Crippen molar-refractivity contribution >= 4 is 32.9 Å². The number of hydrogen-bond acceptors (Lipinski definition) is 4. The molecule has 2 N–H and O–H groups in total. The van der Waals surface area contributed by atoms with Gasteiger partial charge in [-0.1, -0.05) is 54.6 Å². The van der Waals surface area contributed by atoms with Gasteiger partial charge in [0.2, 0.25) is 0 Å². The van der Waals surface area contributed by atoms with Crippen molar-refractivity contribution in [3.8, 4) is 17.0 Å². The van der Waals surface area contributed by atoms with Crippen molar-refractivity contribution in [2.24, 2.45) is 0 Å². The quantitative estimate of drug-likeness (QED) is 0.472. The number of rotatable bonds is 3. The highest BCUT2D eigenvalue weighted by molar-refractivity contribution is 7.16. The normalized spacial score (nSPS) is 10.9. The van der Waals surface area contributed by atoms with E-state index >= 15 is 0 Å². The zero-order chi connectivity index (χ0) is 16.5. The molecule has 3 aromatic carbocycles. The van der Waals surface area contributed by atoms with E-state index < -0.39 is 0 Å². The van der Waals surface area contributed by atoms with Crippen LogP contribution in [-0.2, 0) is 0 Å². The average Bonchev–Trinajstić information content (AvgIpc) is 2.97. The standard InChI is InChI=1S/C20H16N2OS/c1-13-19(14-7-3-2-4-8-14)22-20(24-13)21-17-11-15-9-5-6-10-16(15)12-18(17)23/h2-12,23H,1H3,(H,21,22). The molecular formula is C20H16N2OS. The first kappa shape index (κ1) is 14.7. The lowest BCUT2D eigenvalue weighted by Gasteiger charge is -2.07. The predicted molar refractivity (Wildman–Crippen MR) is 101 cm³/mol. The minimum Gasteiger partial charge on any atom is -0.506 e. The van der Waals surface area contributed by atoms with Gasteiger partial charge in [-0.25, -0.2) is 4.98 Å². The highest BCUT2D eigenvalue weighted by Crippen LogP contribution is 2.35. The Morgan fingerprint density at radius 3 is 2.33 bits per heavy atom. The molecule has 4 heteroatoms. The first-order valence-corrected chi connectivity index (χ1v) is 8.54. The fourth-order valence-corrected chi connectivity index (χ4v) is 3.61. The molecule has 0 aliphatic rings. The van der Waals surface area contributed by atoms with Crippen LogP contribution in [0.1, 0.15) is 4.88 Å². The largest absolute Gasteiger partial charge is 0.506 e. The van der Waals surface area contributed by atoms with Crippen LogP contribution in [0.3, 0.4) is 0 Å². The number of aromatic hydroxyl groups is 1. The Labute approximate surface area is 144 Å². The molecule has 0 radical (unpaired) electrons. The SMILES string of the molecule is Cc1sc(Nc2cc3ccccc3cc2O)nc1-c1ccccc1. The maximum atomic E-state index is 10.3. The molecule has 3 nitrogen and oxygen atoms in total. The summed E-state index contributed by atoms with van der Waals surface area (Å²) in [5.41, 5.74) is 2.74. The highest BCUT2D eigenvalue weighted by atomic mass is 32.1. The second-order valence-electron chi connectivity index (χ2n) is 5.63. The van der Waals surface area contributed by atoms with E-state index in [-0.39, 0.29) is 5.75 Å². The van der Waals surface area contributed by atoms with Gasteiger partial charge in [-0.3, -0.25) is 0 Å². The van der Waals surface area contributed by atoms with Crippen molar-refractivity contribution in [2.45, 2.75) is 6.92 Å². The van der Waals surface area contributed by atoms with Crippen LogP contribution in [0.25, 0.3) is 22.0 Å². The lowest BCUT2D eigenvalue weighted by Crippen LogP contribution is -1.90. The molecule has 0 saturated carbocycles. The molecule has 0 aliphatic carbocycles. The van der Waals surface area contributed by atoms with E-state index in [9.17, 15) is 5.11 Å². The van der Waals surface area contributed by atoms with Gasteiger partial charge in [0.15, 0.2) is 5.13 Å². The zero-order valence-electron chi connectivity index (χ0n) is 13.2. The average molecular weight is 332 g/mol. The second-order valence-corrected chi connectivity index (χ2v) is 6.83. The number of thiazole rings is 1. The van der Waals surface area contributed by atoms with E-state index in [0.717, 1.165) is 32.0 Å². The van der Waals surface area contributed by atoms with E-state index in [4.69, 9.17) is 4.98 Å². The molecular weight excluding hydrogens is 316 g/mol. The third-order valence-corrected chi connectivity index (χ3v) is 4.84. The summed E-state index contributed by atoms with van der Waals surface area (Å²) in [5, 5.41) is 16.4. The maximum Gasteiger partial charge on any atom is 0.188 e. The number of nitrogens with one attached hydrogen (secondary N) is 1. The van der Waals surface area contributed by atoms with Gasteiger partial charge in [0.1, 0.15) is 5.75 Å². The molecule has 24 heavy (non-hydrogen) atoms. The van der Waals surface area contributed by atoms with Gasteiger partial charge in [-0.15, -0.1) is 11.3 Å². The minimum atomic E-state index is 0.225. The third kappa shape index (κ3) is 2.72. The van der Waals surface area contributed by atoms with E-state index in [1.54, 1.807) is 17.4 Å². The van der Waals surface area contributed by atoms with E-state index in [1.807, 2.05) is 48.5 Å². The van der Waals surface area contributed by atoms with Crippen molar-refractivity contribution in [1.29, 1.82) is 0 Å². The smallest absolute Gasteiger partial charge is 0.188 e. The Morgan fingerprint density at radius 2 is 1.58 bits per heavy atom. The number of aryl methyl sites for hydroxylation is 1. The zero-order valence-corrected chi connectivity index (χ0v) is 14.0. The number of phenols is 1. The molecule has 0 unspecified atom stereocenters. The van der Waals surface area contributed by atoms with Crippen molar-refractivity contribution in [3.63, 3.8) is 0 Å². The monoisotopic (exact) mass is 332 g/mol. The van der Waals surface area contributed by atoms with Gasteiger partial charge in [0, 0.05) is 10.4 Å². The van der Waals surface area contributed by atoms with Gasteiger partial charge < -0.3 is 10.4 Å². The fraction of sp³-hybridized carbons (Fsp3) is 0.0500. The van der Waals surface area contributed by atoms with Crippen molar-refractivity contribution in [3.05, 3.63) is 71.6 Å². The van der Waals surface area contributed by atoms with Gasteiger partial charge >= 0.3 is 0 Å². The highest BCUT2D eigenvalue weighted by Gasteiger charge is 2.11. The van der Waals surface area contributed by atoms with E-state index in [2.05, 4.69) is 24.4 Å². The summed E-state index contributed by atoms with van der Waals surface area (Å²) in [4.78, 5) is 5.84. The Balaban J connectivity index is 1.70. The van der Waals surface area contributed by atoms with Crippen molar-refractivity contribution in [2.75, 3.05) is 5.32 Å². The molecule has 0 bridgehead atoms. The van der Waals surface area contributed by atoms with Gasteiger partial charge in [-0.05, 0) is 29.8 Å². The lowest BCUT2D eigenvalue weighted by atomic mass is 10.1. The van der Waals surface area contributed by atoms with Gasteiger partial charge in [0.25, 0.3) is 0 Å². The number of hydrogen-bond donors (Lipinski definition) is 2. The Morgan fingerprint density at radius 1 is 0.917 bits per heavy atom. The van der Waals surface area contributed by atoms with Crippen molar-refractivity contribution in [1.82, 2.24) is 4.98 Å². The van der Waals surface area contributed by atoms with Crippen LogP contribution in [0.2, 0.25) is 0 Å². The Hall–Kier alpha value is -2.85. The van der Waals surface area contributed by atoms with Crippen LogP contribution >= 0.6 is 11.3 Å². The summed E-state index contributed by atoms with van der Waals surface area (Å²) in [5.74, 6) is 0.225. The van der Waals surface area contributed by atoms with Crippen molar-refractivity contribution < 1.29 is 5.11 Å². The summed E-state index contributed by atoms with van der Waals surface area (Å²) in [6.45, 7) is 2.06. The first-order chi connectivity index (χ1) is 11.7. The molecule has 1 heterocycles. The maximum absolute atomic E-state index is 10.3. The molecule has 0 aliphatic heterocycles. The summed E-state index contributed by atoms with van der Waals surface area (Å²) in [6.07, 6.45) is 0. The predicted octanol–water partition coefficient (Wildman–Crippen LogP) is 5.72. The number of aromatic nitrogens is 1. The lowest BCUT2D eigenvalue weighted by molar-refractivity contribution is 0.478. The fourth-order valence-electron chi connectivity index (χ4n) is 2.76. The minimum absolute atomic E-state index is 0.225. The van der Waals surface area contributed by atoms with E-state index in [1.165, 1.54) is 0 Å². The van der Waals surface area contributed by atoms with Crippen LogP contribution in [-0.4, -0.2) is 10.1 Å². The van der Waals surface area contributed by atoms with Crippen LogP contribution in [0.5, 0.6) is 5.75 Å². The van der Waals surface area contributed by atoms with Gasteiger partial charge in [0.05, 0.1) is 11.4 Å². The molecule has 0 amide bonds. The molecule has 4 rings (SSSR count).